The molecule has 0 bridgehead atoms. The molecular formula is C26H21N5O3S. The number of para-hydroxylation sites is 2. The van der Waals surface area contributed by atoms with Gasteiger partial charge >= 0.3 is 0 Å². The van der Waals surface area contributed by atoms with E-state index >= 15 is 0 Å². The van der Waals surface area contributed by atoms with Crippen LogP contribution >= 0.6 is 11.8 Å². The first-order valence-corrected chi connectivity index (χ1v) is 11.9. The number of rotatable bonds is 5. The lowest BCUT2D eigenvalue weighted by atomic mass is 10.1. The number of benzene rings is 3. The third-order valence-corrected chi connectivity index (χ3v) is 6.50. The van der Waals surface area contributed by atoms with Crippen LogP contribution in [0.1, 0.15) is 10.4 Å². The van der Waals surface area contributed by atoms with Crippen LogP contribution in [0.3, 0.4) is 0 Å². The number of hydrogen-bond donors (Lipinski definition) is 2. The summed E-state index contributed by atoms with van der Waals surface area (Å²) < 4.78 is 1.63. The van der Waals surface area contributed by atoms with Crippen LogP contribution in [0.15, 0.2) is 96.0 Å². The molecule has 0 radical (unpaired) electrons. The standard InChI is InChI=1S/C26H21N5O3S/c32-23(16-30-21-13-7-8-14-22(21)35-17-24(30)33)27-28-26(34)20-15-31(19-11-5-2-6-12-19)29-25(20)18-9-3-1-4-10-18/h1-15H,16-17H2,(H,27,32)(H,28,34). The maximum atomic E-state index is 13.1. The third-order valence-electron chi connectivity index (χ3n) is 5.45. The predicted octanol–water partition coefficient (Wildman–Crippen LogP) is 3.44. The molecule has 1 aliphatic heterocycles. The second kappa shape index (κ2) is 9.86. The molecule has 3 amide bonds. The number of amides is 3. The molecule has 3 aromatic carbocycles. The molecule has 2 N–H and O–H groups in total. The second-order valence-corrected chi connectivity index (χ2v) is 8.79. The van der Waals surface area contributed by atoms with Gasteiger partial charge in [-0.3, -0.25) is 25.2 Å². The monoisotopic (exact) mass is 483 g/mol. The smallest absolute Gasteiger partial charge is 0.273 e. The van der Waals surface area contributed by atoms with Crippen LogP contribution in [-0.2, 0) is 9.59 Å². The van der Waals surface area contributed by atoms with Crippen molar-refractivity contribution in [1.82, 2.24) is 20.6 Å². The first-order chi connectivity index (χ1) is 17.1. The van der Waals surface area contributed by atoms with E-state index in [1.54, 1.807) is 16.9 Å². The van der Waals surface area contributed by atoms with E-state index in [1.165, 1.54) is 16.7 Å². The number of anilines is 1. The van der Waals surface area contributed by atoms with Gasteiger partial charge in [0.1, 0.15) is 12.2 Å². The number of carbonyl (C=O) groups is 3. The summed E-state index contributed by atoms with van der Waals surface area (Å²) in [6.45, 7) is -0.203. The van der Waals surface area contributed by atoms with E-state index in [0.29, 0.717) is 16.9 Å². The van der Waals surface area contributed by atoms with Gasteiger partial charge in [0.25, 0.3) is 11.8 Å². The average molecular weight is 484 g/mol. The molecule has 9 heteroatoms. The lowest BCUT2D eigenvalue weighted by molar-refractivity contribution is -0.123. The van der Waals surface area contributed by atoms with E-state index in [1.807, 2.05) is 78.9 Å². The fraction of sp³-hybridized carbons (Fsp3) is 0.0769. The lowest BCUT2D eigenvalue weighted by Gasteiger charge is -2.28. The summed E-state index contributed by atoms with van der Waals surface area (Å²) in [6.07, 6.45) is 1.63. The number of nitrogens with zero attached hydrogens (tertiary/aromatic N) is 3. The van der Waals surface area contributed by atoms with Crippen molar-refractivity contribution in [2.45, 2.75) is 4.90 Å². The Kier molecular flexibility index (Phi) is 6.32. The number of hydrogen-bond acceptors (Lipinski definition) is 5. The summed E-state index contributed by atoms with van der Waals surface area (Å²) in [5.74, 6) is -0.924. The molecular weight excluding hydrogens is 462 g/mol. The number of fused-ring (bicyclic) bond motifs is 1. The molecule has 4 aromatic rings. The van der Waals surface area contributed by atoms with Gasteiger partial charge in [-0.25, -0.2) is 4.68 Å². The molecule has 174 valence electrons. The number of carbonyl (C=O) groups excluding carboxylic acids is 3. The SMILES string of the molecule is O=C(CN1C(=O)CSc2ccccc21)NNC(=O)c1cn(-c2ccccc2)nc1-c1ccccc1. The van der Waals surface area contributed by atoms with Gasteiger partial charge in [-0.05, 0) is 24.3 Å². The molecule has 0 unspecified atom stereocenters. The molecule has 1 aliphatic rings. The van der Waals surface area contributed by atoms with Crippen molar-refractivity contribution >= 4 is 35.2 Å². The lowest BCUT2D eigenvalue weighted by Crippen LogP contribution is -2.49. The van der Waals surface area contributed by atoms with Crippen LogP contribution in [0.25, 0.3) is 16.9 Å². The number of nitrogens with one attached hydrogen (secondary N) is 2. The van der Waals surface area contributed by atoms with Crippen LogP contribution < -0.4 is 15.8 Å². The summed E-state index contributed by atoms with van der Waals surface area (Å²) in [7, 11) is 0. The van der Waals surface area contributed by atoms with Crippen LogP contribution in [0.5, 0.6) is 0 Å². The highest BCUT2D eigenvalue weighted by Gasteiger charge is 2.26. The van der Waals surface area contributed by atoms with E-state index in [-0.39, 0.29) is 18.2 Å². The van der Waals surface area contributed by atoms with E-state index in [0.717, 1.165) is 16.1 Å². The van der Waals surface area contributed by atoms with Crippen molar-refractivity contribution in [3.05, 3.63) is 96.7 Å². The molecule has 0 fully saturated rings. The molecule has 2 heterocycles. The Bertz CT molecular complexity index is 1390. The topological polar surface area (TPSA) is 96.3 Å². The fourth-order valence-corrected chi connectivity index (χ4v) is 4.70. The Balaban J connectivity index is 1.33. The van der Waals surface area contributed by atoms with Crippen molar-refractivity contribution in [2.24, 2.45) is 0 Å². The van der Waals surface area contributed by atoms with E-state index in [4.69, 9.17) is 0 Å². The summed E-state index contributed by atoms with van der Waals surface area (Å²) in [4.78, 5) is 40.5. The van der Waals surface area contributed by atoms with Crippen molar-refractivity contribution in [3.8, 4) is 16.9 Å². The molecule has 0 saturated carbocycles. The van der Waals surface area contributed by atoms with Crippen LogP contribution in [0, 0.1) is 0 Å². The largest absolute Gasteiger partial charge is 0.301 e. The van der Waals surface area contributed by atoms with Crippen LogP contribution in [0.4, 0.5) is 5.69 Å². The molecule has 0 spiro atoms. The van der Waals surface area contributed by atoms with E-state index in [2.05, 4.69) is 16.0 Å². The Morgan fingerprint density at radius 1 is 0.886 bits per heavy atom. The van der Waals surface area contributed by atoms with Gasteiger partial charge in [0.2, 0.25) is 5.91 Å². The fourth-order valence-electron chi connectivity index (χ4n) is 3.77. The van der Waals surface area contributed by atoms with Crippen molar-refractivity contribution in [1.29, 1.82) is 0 Å². The van der Waals surface area contributed by atoms with Gasteiger partial charge in [-0.1, -0.05) is 60.7 Å². The minimum atomic E-state index is -0.514. The van der Waals surface area contributed by atoms with E-state index < -0.39 is 11.8 Å². The molecule has 0 atom stereocenters. The average Bonchev–Trinajstić information content (AvgIpc) is 3.36. The minimum absolute atomic E-state index is 0.161. The summed E-state index contributed by atoms with van der Waals surface area (Å²) in [5.41, 5.74) is 7.94. The van der Waals surface area contributed by atoms with Gasteiger partial charge in [-0.2, -0.15) is 5.10 Å². The summed E-state index contributed by atoms with van der Waals surface area (Å²) in [5, 5.41) is 4.62. The highest BCUT2D eigenvalue weighted by atomic mass is 32.2. The maximum absolute atomic E-state index is 13.1. The van der Waals surface area contributed by atoms with Gasteiger partial charge < -0.3 is 4.90 Å². The molecule has 0 saturated heterocycles. The Morgan fingerprint density at radius 2 is 1.57 bits per heavy atom. The van der Waals surface area contributed by atoms with Crippen molar-refractivity contribution in [2.75, 3.05) is 17.2 Å². The first kappa shape index (κ1) is 22.4. The van der Waals surface area contributed by atoms with Crippen LogP contribution in [-0.4, -0.2) is 39.8 Å². The van der Waals surface area contributed by atoms with Gasteiger partial charge in [0, 0.05) is 16.7 Å². The summed E-state index contributed by atoms with van der Waals surface area (Å²) in [6, 6.07) is 26.2. The highest BCUT2D eigenvalue weighted by Crippen LogP contribution is 2.34. The van der Waals surface area contributed by atoms with Crippen molar-refractivity contribution < 1.29 is 14.4 Å². The van der Waals surface area contributed by atoms with Gasteiger partial charge in [0.15, 0.2) is 0 Å². The van der Waals surface area contributed by atoms with Gasteiger partial charge in [-0.15, -0.1) is 11.8 Å². The summed E-state index contributed by atoms with van der Waals surface area (Å²) >= 11 is 1.44. The van der Waals surface area contributed by atoms with E-state index in [9.17, 15) is 14.4 Å². The molecule has 0 aliphatic carbocycles. The first-order valence-electron chi connectivity index (χ1n) is 10.9. The Morgan fingerprint density at radius 3 is 2.34 bits per heavy atom. The minimum Gasteiger partial charge on any atom is -0.301 e. The number of aromatic nitrogens is 2. The number of thioether (sulfide) groups is 1. The third kappa shape index (κ3) is 4.80. The zero-order valence-electron chi connectivity index (χ0n) is 18.5. The van der Waals surface area contributed by atoms with Crippen LogP contribution in [0.2, 0.25) is 0 Å². The second-order valence-electron chi connectivity index (χ2n) is 7.78. The van der Waals surface area contributed by atoms with Crippen molar-refractivity contribution in [3.63, 3.8) is 0 Å². The quantitative estimate of drug-likeness (QED) is 0.424. The predicted molar refractivity (Wildman–Crippen MR) is 134 cm³/mol. The molecule has 5 rings (SSSR count). The highest BCUT2D eigenvalue weighted by molar-refractivity contribution is 8.00. The Hall–Kier alpha value is -4.37. The van der Waals surface area contributed by atoms with Gasteiger partial charge in [0.05, 0.1) is 22.7 Å². The zero-order valence-corrected chi connectivity index (χ0v) is 19.4. The molecule has 35 heavy (non-hydrogen) atoms. The molecule has 8 nitrogen and oxygen atoms in total. The molecule has 1 aromatic heterocycles. The maximum Gasteiger partial charge on any atom is 0.273 e. The number of hydrazine groups is 1. The zero-order chi connectivity index (χ0) is 24.2. The Labute approximate surface area is 205 Å². The normalized spacial score (nSPS) is 12.7.